The summed E-state index contributed by atoms with van der Waals surface area (Å²) in [5.41, 5.74) is 12.7. The van der Waals surface area contributed by atoms with E-state index in [-0.39, 0.29) is 36.1 Å². The molecule has 10 unspecified atom stereocenters. The molecule has 2 aliphatic rings. The molecule has 1 aliphatic heterocycles. The van der Waals surface area contributed by atoms with Crippen LogP contribution in [0.3, 0.4) is 0 Å². The number of ether oxygens (including phenoxy) is 11. The third kappa shape index (κ3) is 35.6. The maximum Gasteiger partial charge on any atom is 0.204 e. The first-order valence-corrected chi connectivity index (χ1v) is 43.8. The highest BCUT2D eigenvalue weighted by atomic mass is 35.5. The summed E-state index contributed by atoms with van der Waals surface area (Å²) < 4.78 is 64.2. The van der Waals surface area contributed by atoms with E-state index in [0.717, 1.165) is 129 Å². The Hall–Kier alpha value is -8.13. The van der Waals surface area contributed by atoms with Crippen molar-refractivity contribution in [2.75, 3.05) is 26.9 Å². The molecule has 1 aliphatic carbocycles. The van der Waals surface area contributed by atoms with Crippen molar-refractivity contribution in [2.24, 2.45) is 5.92 Å². The molecule has 116 heavy (non-hydrogen) atoms. The Labute approximate surface area is 705 Å². The molecule has 0 bridgehead atoms. The summed E-state index contributed by atoms with van der Waals surface area (Å²) in [4.78, 5) is -0.334. The van der Waals surface area contributed by atoms with Crippen LogP contribution in [0.1, 0.15) is 273 Å². The molecule has 12 heteroatoms. The lowest BCUT2D eigenvalue weighted by atomic mass is 9.87. The van der Waals surface area contributed by atoms with Crippen LogP contribution in [-0.2, 0) is 54.4 Å². The van der Waals surface area contributed by atoms with Gasteiger partial charge in [0.05, 0.1) is 44.5 Å². The van der Waals surface area contributed by atoms with Gasteiger partial charge in [0.2, 0.25) is 5.79 Å². The zero-order chi connectivity index (χ0) is 83.5. The lowest BCUT2D eigenvalue weighted by Crippen LogP contribution is -2.33. The second kappa shape index (κ2) is 51.9. The van der Waals surface area contributed by atoms with Crippen LogP contribution in [0, 0.1) is 12.8 Å². The van der Waals surface area contributed by atoms with Crippen molar-refractivity contribution in [3.05, 3.63) is 286 Å². The molecular formula is C104H141ClO11. The Morgan fingerprint density at radius 2 is 0.845 bits per heavy atom. The van der Waals surface area contributed by atoms with Crippen molar-refractivity contribution in [2.45, 2.75) is 292 Å². The van der Waals surface area contributed by atoms with Crippen LogP contribution in [0.25, 0.3) is 0 Å². The molecule has 11 rings (SSSR count). The molecule has 0 N–H and O–H groups in total. The van der Waals surface area contributed by atoms with Gasteiger partial charge in [-0.3, -0.25) is 0 Å². The van der Waals surface area contributed by atoms with Crippen molar-refractivity contribution in [1.29, 1.82) is 0 Å². The van der Waals surface area contributed by atoms with Crippen LogP contribution >= 0.6 is 11.6 Å². The second-order valence-electron chi connectivity index (χ2n) is 32.0. The van der Waals surface area contributed by atoms with Gasteiger partial charge in [-0.1, -0.05) is 258 Å². The first-order chi connectivity index (χ1) is 56.0. The van der Waals surface area contributed by atoms with E-state index in [9.17, 15) is 0 Å². The van der Waals surface area contributed by atoms with Crippen LogP contribution in [0.5, 0.6) is 34.5 Å². The first kappa shape index (κ1) is 95.0. The zero-order valence-electron chi connectivity index (χ0n) is 73.4. The fourth-order valence-electron chi connectivity index (χ4n) is 13.7. The number of hydrogen-bond donors (Lipinski definition) is 0. The van der Waals surface area contributed by atoms with Crippen molar-refractivity contribution in [1.82, 2.24) is 0 Å². The van der Waals surface area contributed by atoms with E-state index in [1.807, 2.05) is 163 Å². The van der Waals surface area contributed by atoms with Crippen LogP contribution < -0.4 is 28.4 Å². The predicted molar refractivity (Wildman–Crippen MR) is 481 cm³/mol. The summed E-state index contributed by atoms with van der Waals surface area (Å²) >= 11 is 6.48. The van der Waals surface area contributed by atoms with Gasteiger partial charge in [0, 0.05) is 20.3 Å². The van der Waals surface area contributed by atoms with E-state index in [1.54, 1.807) is 7.11 Å². The van der Waals surface area contributed by atoms with E-state index in [4.69, 9.17) is 63.7 Å². The normalized spacial score (nSPS) is 16.4. The molecular weight excluding hydrogens is 1460 g/mol. The molecule has 11 nitrogen and oxygen atoms in total. The van der Waals surface area contributed by atoms with E-state index in [1.165, 1.54) is 83.0 Å². The Bertz CT molecular complexity index is 4020. The van der Waals surface area contributed by atoms with E-state index >= 15 is 0 Å². The summed E-state index contributed by atoms with van der Waals surface area (Å²) in [5.74, 6) is 7.86. The maximum absolute atomic E-state index is 6.48. The van der Waals surface area contributed by atoms with Gasteiger partial charge < -0.3 is 52.1 Å². The van der Waals surface area contributed by atoms with Gasteiger partial charge in [0.15, 0.2) is 25.2 Å². The van der Waals surface area contributed by atoms with Crippen LogP contribution in [0.15, 0.2) is 231 Å². The molecule has 0 radical (unpaired) electrons. The fraction of sp³-hybridized carbons (Fsp3) is 0.481. The lowest BCUT2D eigenvalue weighted by molar-refractivity contribution is -0.158. The number of rotatable bonds is 38. The molecule has 10 atom stereocenters. The number of hydrogen-bond acceptors (Lipinski definition) is 11. The average molecular weight is 1600 g/mol. The highest BCUT2D eigenvalue weighted by molar-refractivity contribution is 6.23. The average Bonchev–Trinajstić information content (AvgIpc) is 0.767. The Kier molecular flexibility index (Phi) is 42.5. The minimum absolute atomic E-state index is 0.129. The molecule has 1 saturated carbocycles. The molecule has 0 amide bonds. The number of halogens is 1. The van der Waals surface area contributed by atoms with Gasteiger partial charge >= 0.3 is 0 Å². The monoisotopic (exact) mass is 1600 g/mol. The zero-order valence-corrected chi connectivity index (χ0v) is 74.2. The van der Waals surface area contributed by atoms with Crippen LogP contribution in [-0.4, -0.2) is 64.0 Å². The van der Waals surface area contributed by atoms with Crippen molar-refractivity contribution < 1.29 is 52.1 Å². The topological polar surface area (TPSA) is 102 Å². The molecule has 9 aromatic rings. The summed E-state index contributed by atoms with van der Waals surface area (Å²) in [6.07, 6.45) is 18.9. The molecule has 0 spiro atoms. The van der Waals surface area contributed by atoms with Crippen molar-refractivity contribution >= 4 is 11.6 Å². The third-order valence-corrected chi connectivity index (χ3v) is 22.8. The maximum atomic E-state index is 6.48. The first-order valence-electron chi connectivity index (χ1n) is 43.4. The molecule has 9 aromatic carbocycles. The smallest absolute Gasteiger partial charge is 0.204 e. The molecule has 2 fully saturated rings. The van der Waals surface area contributed by atoms with Gasteiger partial charge in [-0.2, -0.15) is 0 Å². The number of alkyl halides is 1. The minimum Gasteiger partial charge on any atom is -0.497 e. The SMILES string of the molecule is CCC(C)(Cl)c1ccc(OC(C)OCCc2ccc(OC)cc2)cc1.CCC(C)c1ccc(OC(C)(C)OCCC2CCCCC2)cc1.CCC(C)c1ccc(OC(C)OCCc2ccccc2)cc1.CCC(C)c1ccc(OC(C)OCc2ccccc2)cc1.CCC(C)c1ccc(OC2CCCC(Cc3ccccc3)O2)c(C)c1. The van der Waals surface area contributed by atoms with Gasteiger partial charge in [0.25, 0.3) is 0 Å². The van der Waals surface area contributed by atoms with E-state index < -0.39 is 5.79 Å². The number of methoxy groups -OCH3 is 1. The minimum atomic E-state index is -0.563. The van der Waals surface area contributed by atoms with Gasteiger partial charge in [-0.15, -0.1) is 11.6 Å². The van der Waals surface area contributed by atoms with Crippen molar-refractivity contribution in [3.8, 4) is 34.5 Å². The Morgan fingerprint density at radius 3 is 1.31 bits per heavy atom. The molecule has 1 heterocycles. The number of benzene rings is 9. The summed E-state index contributed by atoms with van der Waals surface area (Å²) in [6, 6.07) is 78.6. The van der Waals surface area contributed by atoms with Gasteiger partial charge in [-0.25, -0.2) is 0 Å². The fourth-order valence-corrected chi connectivity index (χ4v) is 13.8. The molecule has 1 saturated heterocycles. The number of aryl methyl sites for hydroxylation is 1. The largest absolute Gasteiger partial charge is 0.497 e. The van der Waals surface area contributed by atoms with Crippen molar-refractivity contribution in [3.63, 3.8) is 0 Å². The van der Waals surface area contributed by atoms with Gasteiger partial charge in [-0.05, 0) is 257 Å². The Balaban J connectivity index is 0.000000201. The lowest BCUT2D eigenvalue weighted by Gasteiger charge is -2.31. The predicted octanol–water partition coefficient (Wildman–Crippen LogP) is 28.2. The standard InChI is InChI=1S/C23H30O2.C21H27ClO3.C21H34O2.C20H26O2.C19H24O2/c1-4-17(2)20-13-14-22(18(3)15-20)25-23-12-8-11-21(24-23)16-19-9-6-5-7-10-19;1-5-21(3,22)18-8-12-20(13-9-18)25-16(2)24-15-14-17-6-10-19(23-4)11-7-17;1-5-17(2)19-11-13-20(14-12-19)23-21(3,4)22-16-15-18-9-7-6-8-10-18;1-4-16(2)19-10-12-20(13-11-19)22-17(3)21-15-14-18-8-6-5-7-9-18;1-4-15(2)18-10-12-19(13-11-18)21-16(3)20-14-17-8-6-5-7-9-17/h5-7,9-10,13-15,17,21,23H,4,8,11-12,16H2,1-3H3;6-13,16H,5,14-15H2,1-4H3;11-14,17-18H,5-10,15-16H2,1-4H3;5-13,16-17H,4,14-15H2,1-3H3;5-13,15-16H,4,14H2,1-3H3. The van der Waals surface area contributed by atoms with E-state index in [2.05, 4.69) is 178 Å². The highest BCUT2D eigenvalue weighted by Gasteiger charge is 2.26. The third-order valence-electron chi connectivity index (χ3n) is 22.3. The van der Waals surface area contributed by atoms with Crippen LogP contribution in [0.4, 0.5) is 0 Å². The summed E-state index contributed by atoms with van der Waals surface area (Å²) in [6.45, 7) is 36.5. The molecule has 630 valence electrons. The van der Waals surface area contributed by atoms with E-state index in [0.29, 0.717) is 43.5 Å². The summed E-state index contributed by atoms with van der Waals surface area (Å²) in [7, 11) is 1.67. The molecule has 0 aromatic heterocycles. The summed E-state index contributed by atoms with van der Waals surface area (Å²) in [5, 5.41) is 0. The quantitative estimate of drug-likeness (QED) is 0.0273. The highest BCUT2D eigenvalue weighted by Crippen LogP contribution is 2.35. The second-order valence-corrected chi connectivity index (χ2v) is 32.9. The Morgan fingerprint density at radius 1 is 0.422 bits per heavy atom. The van der Waals surface area contributed by atoms with Gasteiger partial charge in [0.1, 0.15) is 34.5 Å². The van der Waals surface area contributed by atoms with Crippen LogP contribution in [0.2, 0.25) is 0 Å².